The molecule has 2 aromatic carbocycles. The molecule has 0 spiro atoms. The van der Waals surface area contributed by atoms with E-state index >= 15 is 0 Å². The molecule has 0 radical (unpaired) electrons. The van der Waals surface area contributed by atoms with E-state index in [0.29, 0.717) is 17.1 Å². The van der Waals surface area contributed by atoms with Crippen LogP contribution in [0.5, 0.6) is 11.5 Å². The summed E-state index contributed by atoms with van der Waals surface area (Å²) in [6.07, 6.45) is 0. The molecule has 0 saturated heterocycles. The summed E-state index contributed by atoms with van der Waals surface area (Å²) < 4.78 is 11.3. The number of benzene rings is 2. The Labute approximate surface area is 138 Å². The van der Waals surface area contributed by atoms with Gasteiger partial charge in [-0.1, -0.05) is 12.1 Å². The second kappa shape index (κ2) is 7.31. The molecule has 116 valence electrons. The van der Waals surface area contributed by atoms with Crippen LogP contribution < -0.4 is 14.8 Å². The van der Waals surface area contributed by atoms with Crippen LogP contribution in [0.1, 0.15) is 28.9 Å². The molecule has 22 heavy (non-hydrogen) atoms. The quantitative estimate of drug-likeness (QED) is 0.874. The summed E-state index contributed by atoms with van der Waals surface area (Å²) in [5.74, 6) is 1.25. The summed E-state index contributed by atoms with van der Waals surface area (Å²) in [5.41, 5.74) is 1.49. The number of hydrogen-bond acceptors (Lipinski definition) is 3. The molecule has 1 unspecified atom stereocenters. The summed E-state index contributed by atoms with van der Waals surface area (Å²) in [4.78, 5) is 12.4. The van der Waals surface area contributed by atoms with Crippen LogP contribution in [0, 0.1) is 0 Å². The van der Waals surface area contributed by atoms with Crippen LogP contribution in [-0.2, 0) is 0 Å². The molecule has 0 aromatic heterocycles. The Kier molecular flexibility index (Phi) is 5.44. The van der Waals surface area contributed by atoms with Crippen molar-refractivity contribution in [3.05, 3.63) is 58.1 Å². The van der Waals surface area contributed by atoms with Crippen LogP contribution in [0.2, 0.25) is 0 Å². The van der Waals surface area contributed by atoms with Gasteiger partial charge in [-0.05, 0) is 47.1 Å². The van der Waals surface area contributed by atoms with Crippen molar-refractivity contribution in [3.8, 4) is 11.5 Å². The molecule has 2 rings (SSSR count). The minimum absolute atomic E-state index is 0.141. The fraction of sp³-hybridized carbons (Fsp3) is 0.235. The highest BCUT2D eigenvalue weighted by molar-refractivity contribution is 9.10. The first-order valence-electron chi connectivity index (χ1n) is 6.84. The third kappa shape index (κ3) is 3.60. The van der Waals surface area contributed by atoms with Gasteiger partial charge in [0.05, 0.1) is 25.8 Å². The van der Waals surface area contributed by atoms with E-state index in [2.05, 4.69) is 21.2 Å². The highest BCUT2D eigenvalue weighted by atomic mass is 79.9. The molecule has 1 atom stereocenters. The first kappa shape index (κ1) is 16.4. The zero-order chi connectivity index (χ0) is 16.1. The van der Waals surface area contributed by atoms with E-state index in [1.165, 1.54) is 0 Å². The Balaban J connectivity index is 2.20. The maximum atomic E-state index is 12.4. The molecule has 5 heteroatoms. The Bertz CT molecular complexity index is 673. The molecule has 0 saturated carbocycles. The molecule has 0 aliphatic rings. The lowest BCUT2D eigenvalue weighted by Gasteiger charge is -2.18. The normalized spacial score (nSPS) is 11.6. The van der Waals surface area contributed by atoms with E-state index in [4.69, 9.17) is 9.47 Å². The third-order valence-corrected chi connectivity index (χ3v) is 4.06. The molecule has 1 amide bonds. The van der Waals surface area contributed by atoms with Gasteiger partial charge in [0, 0.05) is 16.1 Å². The van der Waals surface area contributed by atoms with Crippen LogP contribution in [0.15, 0.2) is 46.9 Å². The average Bonchev–Trinajstić information content (AvgIpc) is 2.54. The van der Waals surface area contributed by atoms with E-state index in [1.807, 2.05) is 37.3 Å². The van der Waals surface area contributed by atoms with E-state index in [1.54, 1.807) is 26.4 Å². The first-order valence-corrected chi connectivity index (χ1v) is 7.63. The SMILES string of the molecule is COc1ccc(C(C)NC(=O)c2ccccc2Br)c(OC)c1. The molecule has 2 aromatic rings. The molecule has 4 nitrogen and oxygen atoms in total. The number of halogens is 1. The molecule has 0 aliphatic carbocycles. The number of methoxy groups -OCH3 is 2. The summed E-state index contributed by atoms with van der Waals surface area (Å²) in [6.45, 7) is 1.92. The molecule has 0 aliphatic heterocycles. The standard InChI is InChI=1S/C17H18BrNO3/c1-11(13-9-8-12(21-2)10-16(13)22-3)19-17(20)14-6-4-5-7-15(14)18/h4-11H,1-3H3,(H,19,20). The van der Waals surface area contributed by atoms with E-state index < -0.39 is 0 Å². The summed E-state index contributed by atoms with van der Waals surface area (Å²) in [7, 11) is 3.20. The maximum Gasteiger partial charge on any atom is 0.252 e. The number of rotatable bonds is 5. The zero-order valence-electron chi connectivity index (χ0n) is 12.7. The van der Waals surface area contributed by atoms with Gasteiger partial charge in [0.25, 0.3) is 5.91 Å². The number of ether oxygens (including phenoxy) is 2. The number of nitrogens with one attached hydrogen (secondary N) is 1. The summed E-state index contributed by atoms with van der Waals surface area (Å²) in [5, 5.41) is 2.98. The highest BCUT2D eigenvalue weighted by Gasteiger charge is 2.17. The smallest absolute Gasteiger partial charge is 0.252 e. The Morgan fingerprint density at radius 3 is 2.50 bits per heavy atom. The van der Waals surface area contributed by atoms with Gasteiger partial charge in [0.1, 0.15) is 11.5 Å². The van der Waals surface area contributed by atoms with E-state index in [-0.39, 0.29) is 11.9 Å². The molecular formula is C17H18BrNO3. The largest absolute Gasteiger partial charge is 0.497 e. The lowest BCUT2D eigenvalue weighted by atomic mass is 10.1. The van der Waals surface area contributed by atoms with Crippen molar-refractivity contribution in [2.75, 3.05) is 14.2 Å². The fourth-order valence-electron chi connectivity index (χ4n) is 2.17. The van der Waals surface area contributed by atoms with Crippen molar-refractivity contribution >= 4 is 21.8 Å². The van der Waals surface area contributed by atoms with E-state index in [9.17, 15) is 4.79 Å². The van der Waals surface area contributed by atoms with Crippen molar-refractivity contribution in [2.24, 2.45) is 0 Å². The van der Waals surface area contributed by atoms with Crippen LogP contribution in [0.3, 0.4) is 0 Å². The predicted molar refractivity (Wildman–Crippen MR) is 89.6 cm³/mol. The van der Waals surface area contributed by atoms with Gasteiger partial charge in [-0.2, -0.15) is 0 Å². The topological polar surface area (TPSA) is 47.6 Å². The molecular weight excluding hydrogens is 346 g/mol. The molecule has 1 N–H and O–H groups in total. The number of carbonyl (C=O) groups excluding carboxylic acids is 1. The Morgan fingerprint density at radius 1 is 1.14 bits per heavy atom. The van der Waals surface area contributed by atoms with Gasteiger partial charge in [-0.3, -0.25) is 4.79 Å². The van der Waals surface area contributed by atoms with Crippen LogP contribution in [0.4, 0.5) is 0 Å². The minimum atomic E-state index is -0.194. The number of hydrogen-bond donors (Lipinski definition) is 1. The summed E-state index contributed by atoms with van der Waals surface area (Å²) >= 11 is 3.39. The van der Waals surface area contributed by atoms with E-state index in [0.717, 1.165) is 10.0 Å². The third-order valence-electron chi connectivity index (χ3n) is 3.37. The lowest BCUT2D eigenvalue weighted by molar-refractivity contribution is 0.0938. The second-order valence-corrected chi connectivity index (χ2v) is 5.64. The monoisotopic (exact) mass is 363 g/mol. The maximum absolute atomic E-state index is 12.4. The van der Waals surface area contributed by atoms with Crippen LogP contribution in [0.25, 0.3) is 0 Å². The van der Waals surface area contributed by atoms with Gasteiger partial charge in [-0.15, -0.1) is 0 Å². The minimum Gasteiger partial charge on any atom is -0.497 e. The Morgan fingerprint density at radius 2 is 1.86 bits per heavy atom. The van der Waals surface area contributed by atoms with Crippen LogP contribution in [-0.4, -0.2) is 20.1 Å². The second-order valence-electron chi connectivity index (χ2n) is 4.78. The number of amides is 1. The van der Waals surface area contributed by atoms with Crippen molar-refractivity contribution in [1.82, 2.24) is 5.32 Å². The first-order chi connectivity index (χ1) is 10.6. The summed E-state index contributed by atoms with van der Waals surface area (Å²) in [6, 6.07) is 12.7. The molecule has 0 bridgehead atoms. The van der Waals surface area contributed by atoms with Crippen molar-refractivity contribution < 1.29 is 14.3 Å². The molecule has 0 fully saturated rings. The Hall–Kier alpha value is -2.01. The average molecular weight is 364 g/mol. The fourth-order valence-corrected chi connectivity index (χ4v) is 2.64. The van der Waals surface area contributed by atoms with Gasteiger partial charge >= 0.3 is 0 Å². The van der Waals surface area contributed by atoms with Gasteiger partial charge in [0.2, 0.25) is 0 Å². The van der Waals surface area contributed by atoms with Crippen molar-refractivity contribution in [1.29, 1.82) is 0 Å². The highest BCUT2D eigenvalue weighted by Crippen LogP contribution is 2.29. The van der Waals surface area contributed by atoms with Gasteiger partial charge < -0.3 is 14.8 Å². The van der Waals surface area contributed by atoms with Crippen molar-refractivity contribution in [3.63, 3.8) is 0 Å². The van der Waals surface area contributed by atoms with Crippen molar-refractivity contribution in [2.45, 2.75) is 13.0 Å². The predicted octanol–water partition coefficient (Wildman–Crippen LogP) is 3.96. The zero-order valence-corrected chi connectivity index (χ0v) is 14.3. The van der Waals surface area contributed by atoms with Gasteiger partial charge in [-0.25, -0.2) is 0 Å². The number of carbonyl (C=O) groups is 1. The van der Waals surface area contributed by atoms with Gasteiger partial charge in [0.15, 0.2) is 0 Å². The molecule has 0 heterocycles. The van der Waals surface area contributed by atoms with Crippen LogP contribution >= 0.6 is 15.9 Å². The lowest BCUT2D eigenvalue weighted by Crippen LogP contribution is -2.27.